The molecule has 4 nitrogen and oxygen atoms in total. The third-order valence-electron chi connectivity index (χ3n) is 3.35. The number of benzene rings is 1. The fourth-order valence-electron chi connectivity index (χ4n) is 2.16. The van der Waals surface area contributed by atoms with Gasteiger partial charge < -0.3 is 5.73 Å². The molecule has 0 amide bonds. The zero-order chi connectivity index (χ0) is 14.9. The lowest BCUT2D eigenvalue weighted by Gasteiger charge is -2.15. The number of hydrogen-bond acceptors (Lipinski definition) is 3. The van der Waals surface area contributed by atoms with Crippen molar-refractivity contribution >= 4 is 21.6 Å². The van der Waals surface area contributed by atoms with Crippen LogP contribution < -0.4 is 10.5 Å². The van der Waals surface area contributed by atoms with E-state index in [9.17, 15) is 12.8 Å². The van der Waals surface area contributed by atoms with Crippen molar-refractivity contribution in [2.45, 2.75) is 43.7 Å². The summed E-state index contributed by atoms with van der Waals surface area (Å²) in [4.78, 5) is -0.137. The molecular weight excluding hydrogens is 303 g/mol. The molecule has 0 spiro atoms. The SMILES string of the molecule is CC(CC1CC1)NS(=O)(=O)c1cc(F)c(Cl)c(CN)c1. The first-order valence-electron chi connectivity index (χ1n) is 6.54. The summed E-state index contributed by atoms with van der Waals surface area (Å²) >= 11 is 5.73. The molecule has 0 heterocycles. The van der Waals surface area contributed by atoms with Gasteiger partial charge in [-0.15, -0.1) is 0 Å². The first-order valence-corrected chi connectivity index (χ1v) is 8.40. The third-order valence-corrected chi connectivity index (χ3v) is 5.34. The molecule has 3 N–H and O–H groups in total. The van der Waals surface area contributed by atoms with Gasteiger partial charge in [0.05, 0.1) is 9.92 Å². The number of rotatable bonds is 6. The minimum Gasteiger partial charge on any atom is -0.326 e. The fraction of sp³-hybridized carbons (Fsp3) is 0.538. The lowest BCUT2D eigenvalue weighted by Crippen LogP contribution is -2.33. The second-order valence-electron chi connectivity index (χ2n) is 5.28. The molecule has 1 unspecified atom stereocenters. The maximum absolute atomic E-state index is 13.6. The van der Waals surface area contributed by atoms with E-state index in [0.717, 1.165) is 25.3 Å². The van der Waals surface area contributed by atoms with E-state index in [1.165, 1.54) is 6.07 Å². The van der Waals surface area contributed by atoms with Crippen LogP contribution >= 0.6 is 11.6 Å². The highest BCUT2D eigenvalue weighted by Crippen LogP contribution is 2.33. The van der Waals surface area contributed by atoms with Gasteiger partial charge in [0.2, 0.25) is 10.0 Å². The van der Waals surface area contributed by atoms with Gasteiger partial charge >= 0.3 is 0 Å². The molecule has 1 aliphatic rings. The van der Waals surface area contributed by atoms with Crippen molar-refractivity contribution in [1.82, 2.24) is 4.72 Å². The van der Waals surface area contributed by atoms with Crippen molar-refractivity contribution in [1.29, 1.82) is 0 Å². The van der Waals surface area contributed by atoms with Crippen LogP contribution in [0.3, 0.4) is 0 Å². The van der Waals surface area contributed by atoms with Crippen LogP contribution in [0.4, 0.5) is 4.39 Å². The van der Waals surface area contributed by atoms with Gasteiger partial charge in [-0.2, -0.15) is 0 Å². The van der Waals surface area contributed by atoms with E-state index >= 15 is 0 Å². The molecule has 0 bridgehead atoms. The summed E-state index contributed by atoms with van der Waals surface area (Å²) < 4.78 is 40.6. The summed E-state index contributed by atoms with van der Waals surface area (Å²) in [6, 6.07) is 2.07. The fourth-order valence-corrected chi connectivity index (χ4v) is 3.66. The molecule has 0 aromatic heterocycles. The molecule has 1 saturated carbocycles. The van der Waals surface area contributed by atoms with Crippen LogP contribution in [-0.2, 0) is 16.6 Å². The van der Waals surface area contributed by atoms with E-state index < -0.39 is 15.8 Å². The van der Waals surface area contributed by atoms with Gasteiger partial charge in [0.1, 0.15) is 5.82 Å². The van der Waals surface area contributed by atoms with Crippen molar-refractivity contribution in [3.63, 3.8) is 0 Å². The van der Waals surface area contributed by atoms with Crippen LogP contribution in [-0.4, -0.2) is 14.5 Å². The molecule has 1 fully saturated rings. The predicted octanol–water partition coefficient (Wildman–Crippen LogP) is 2.40. The summed E-state index contributed by atoms with van der Waals surface area (Å²) in [6.07, 6.45) is 3.11. The first-order chi connectivity index (χ1) is 9.33. The third kappa shape index (κ3) is 3.69. The van der Waals surface area contributed by atoms with Crippen LogP contribution in [0.5, 0.6) is 0 Å². The summed E-state index contributed by atoms with van der Waals surface area (Å²) in [7, 11) is -3.75. The van der Waals surface area contributed by atoms with Crippen LogP contribution in [0.15, 0.2) is 17.0 Å². The Labute approximate surface area is 123 Å². The number of nitrogens with two attached hydrogens (primary N) is 1. The lowest BCUT2D eigenvalue weighted by molar-refractivity contribution is 0.528. The minimum absolute atomic E-state index is 0.0171. The molecule has 1 aromatic rings. The van der Waals surface area contributed by atoms with E-state index in [1.807, 2.05) is 6.92 Å². The van der Waals surface area contributed by atoms with Gasteiger partial charge in [-0.3, -0.25) is 0 Å². The molecule has 112 valence electrons. The van der Waals surface area contributed by atoms with Crippen molar-refractivity contribution in [3.05, 3.63) is 28.5 Å². The molecule has 1 aliphatic carbocycles. The summed E-state index contributed by atoms with van der Waals surface area (Å²) in [5.41, 5.74) is 5.72. The van der Waals surface area contributed by atoms with E-state index in [0.29, 0.717) is 5.92 Å². The minimum atomic E-state index is -3.75. The monoisotopic (exact) mass is 320 g/mol. The number of sulfonamides is 1. The Morgan fingerprint density at radius 2 is 2.15 bits per heavy atom. The van der Waals surface area contributed by atoms with Gasteiger partial charge in [-0.05, 0) is 37.0 Å². The van der Waals surface area contributed by atoms with Crippen LogP contribution in [0.1, 0.15) is 31.7 Å². The molecular formula is C13H18ClFN2O2S. The second-order valence-corrected chi connectivity index (χ2v) is 7.38. The molecule has 0 radical (unpaired) electrons. The first kappa shape index (κ1) is 15.7. The largest absolute Gasteiger partial charge is 0.326 e. The Balaban J connectivity index is 2.21. The number of hydrogen-bond donors (Lipinski definition) is 2. The van der Waals surface area contributed by atoms with Gasteiger partial charge in [-0.1, -0.05) is 24.4 Å². The summed E-state index contributed by atoms with van der Waals surface area (Å²) in [5, 5.41) is -0.127. The molecule has 1 atom stereocenters. The Morgan fingerprint density at radius 3 is 2.70 bits per heavy atom. The highest BCUT2D eigenvalue weighted by molar-refractivity contribution is 7.89. The van der Waals surface area contributed by atoms with Gasteiger partial charge in [0.15, 0.2) is 0 Å². The molecule has 0 saturated heterocycles. The van der Waals surface area contributed by atoms with Crippen LogP contribution in [0.25, 0.3) is 0 Å². The number of halogens is 2. The topological polar surface area (TPSA) is 72.2 Å². The zero-order valence-electron chi connectivity index (χ0n) is 11.2. The highest BCUT2D eigenvalue weighted by Gasteiger charge is 2.26. The smallest absolute Gasteiger partial charge is 0.240 e. The van der Waals surface area contributed by atoms with E-state index in [2.05, 4.69) is 4.72 Å². The van der Waals surface area contributed by atoms with Crippen molar-refractivity contribution < 1.29 is 12.8 Å². The van der Waals surface area contributed by atoms with Gasteiger partial charge in [-0.25, -0.2) is 17.5 Å². The Morgan fingerprint density at radius 1 is 1.50 bits per heavy atom. The molecule has 1 aromatic carbocycles. The second kappa shape index (κ2) is 5.97. The maximum atomic E-state index is 13.6. The van der Waals surface area contributed by atoms with Gasteiger partial charge in [0, 0.05) is 12.6 Å². The van der Waals surface area contributed by atoms with Crippen LogP contribution in [0.2, 0.25) is 5.02 Å². The number of nitrogens with one attached hydrogen (secondary N) is 1. The molecule has 2 rings (SSSR count). The van der Waals surface area contributed by atoms with E-state index in [1.54, 1.807) is 0 Å². The summed E-state index contributed by atoms with van der Waals surface area (Å²) in [6.45, 7) is 1.79. The average molecular weight is 321 g/mol. The quantitative estimate of drug-likeness (QED) is 0.845. The van der Waals surface area contributed by atoms with Crippen molar-refractivity contribution in [2.75, 3.05) is 0 Å². The zero-order valence-corrected chi connectivity index (χ0v) is 12.8. The van der Waals surface area contributed by atoms with E-state index in [-0.39, 0.29) is 28.1 Å². The normalized spacial score (nSPS) is 17.2. The van der Waals surface area contributed by atoms with E-state index in [4.69, 9.17) is 17.3 Å². The van der Waals surface area contributed by atoms with Crippen molar-refractivity contribution in [3.8, 4) is 0 Å². The predicted molar refractivity (Wildman–Crippen MR) is 76.4 cm³/mol. The molecule has 0 aliphatic heterocycles. The average Bonchev–Trinajstić information content (AvgIpc) is 3.15. The highest BCUT2D eigenvalue weighted by atomic mass is 35.5. The molecule has 7 heteroatoms. The van der Waals surface area contributed by atoms with Crippen molar-refractivity contribution in [2.24, 2.45) is 11.7 Å². The molecule has 20 heavy (non-hydrogen) atoms. The Bertz CT molecular complexity index is 603. The Hall–Kier alpha value is -0.690. The van der Waals surface area contributed by atoms with Crippen LogP contribution in [0, 0.1) is 11.7 Å². The standard InChI is InChI=1S/C13H18ClFN2O2S/c1-8(4-9-2-3-9)17-20(18,19)11-5-10(7-16)13(14)12(15)6-11/h5-6,8-9,17H,2-4,7,16H2,1H3. The van der Waals surface area contributed by atoms with Gasteiger partial charge in [0.25, 0.3) is 0 Å². The lowest BCUT2D eigenvalue weighted by atomic mass is 10.2. The maximum Gasteiger partial charge on any atom is 0.240 e. The summed E-state index contributed by atoms with van der Waals surface area (Å²) in [5.74, 6) is -0.168. The Kier molecular flexibility index (Phi) is 4.69.